The lowest BCUT2D eigenvalue weighted by atomic mass is 9.98. The number of carbonyl (C=O) groups excluding carboxylic acids is 1. The van der Waals surface area contributed by atoms with Crippen LogP contribution in [-0.2, 0) is 12.8 Å². The Morgan fingerprint density at radius 1 is 1.31 bits per heavy atom. The third-order valence-corrected chi connectivity index (χ3v) is 3.99. The van der Waals surface area contributed by atoms with Gasteiger partial charge in [0.25, 0.3) is 0 Å². The smallest absolute Gasteiger partial charge is 0.160 e. The topological polar surface area (TPSA) is 17.1 Å². The molecular formula is C14H11BrO. The Labute approximate surface area is 103 Å². The molecular weight excluding hydrogens is 264 g/mol. The van der Waals surface area contributed by atoms with Crippen molar-refractivity contribution in [2.45, 2.75) is 19.8 Å². The van der Waals surface area contributed by atoms with Crippen molar-refractivity contribution in [1.82, 2.24) is 0 Å². The SMILES string of the molecule is CC(=O)c1cc(Br)c2cccc3c2c1CC3. The van der Waals surface area contributed by atoms with E-state index in [2.05, 4.69) is 34.1 Å². The van der Waals surface area contributed by atoms with Gasteiger partial charge < -0.3 is 0 Å². The lowest BCUT2D eigenvalue weighted by molar-refractivity contribution is 0.101. The zero-order chi connectivity index (χ0) is 11.3. The molecule has 1 aliphatic carbocycles. The maximum atomic E-state index is 11.6. The summed E-state index contributed by atoms with van der Waals surface area (Å²) in [6.07, 6.45) is 2.06. The van der Waals surface area contributed by atoms with Gasteiger partial charge in [0.1, 0.15) is 0 Å². The van der Waals surface area contributed by atoms with Crippen molar-refractivity contribution < 1.29 is 4.79 Å². The number of Topliss-reactive ketones (excluding diaryl/α,β-unsaturated/α-hetero) is 1. The molecule has 2 heteroatoms. The quantitative estimate of drug-likeness (QED) is 0.721. The third-order valence-electron chi connectivity index (χ3n) is 3.33. The van der Waals surface area contributed by atoms with Crippen LogP contribution in [0.4, 0.5) is 0 Å². The number of rotatable bonds is 1. The molecule has 2 aromatic carbocycles. The van der Waals surface area contributed by atoms with E-state index in [1.807, 2.05) is 6.07 Å². The van der Waals surface area contributed by atoms with Crippen molar-refractivity contribution >= 4 is 32.5 Å². The maximum Gasteiger partial charge on any atom is 0.160 e. The second-order valence-electron chi connectivity index (χ2n) is 4.28. The first-order valence-corrected chi connectivity index (χ1v) is 6.21. The van der Waals surface area contributed by atoms with Crippen LogP contribution in [-0.4, -0.2) is 5.78 Å². The van der Waals surface area contributed by atoms with Gasteiger partial charge in [0.05, 0.1) is 0 Å². The Balaban J connectivity index is 2.51. The average molecular weight is 275 g/mol. The molecule has 0 aliphatic heterocycles. The van der Waals surface area contributed by atoms with Crippen molar-refractivity contribution in [2.24, 2.45) is 0 Å². The van der Waals surface area contributed by atoms with E-state index in [-0.39, 0.29) is 5.78 Å². The summed E-state index contributed by atoms with van der Waals surface area (Å²) in [5, 5.41) is 2.53. The number of benzene rings is 2. The summed E-state index contributed by atoms with van der Waals surface area (Å²) >= 11 is 3.56. The van der Waals surface area contributed by atoms with Gasteiger partial charge in [-0.3, -0.25) is 4.79 Å². The van der Waals surface area contributed by atoms with Gasteiger partial charge in [-0.1, -0.05) is 34.1 Å². The van der Waals surface area contributed by atoms with Crippen LogP contribution in [0.15, 0.2) is 28.7 Å². The Hall–Kier alpha value is -1.15. The molecule has 0 amide bonds. The van der Waals surface area contributed by atoms with Crippen LogP contribution in [0.3, 0.4) is 0 Å². The molecule has 0 saturated carbocycles. The molecule has 3 rings (SSSR count). The molecule has 1 nitrogen and oxygen atoms in total. The number of hydrogen-bond donors (Lipinski definition) is 0. The molecule has 0 unspecified atom stereocenters. The van der Waals surface area contributed by atoms with Crippen LogP contribution >= 0.6 is 15.9 Å². The van der Waals surface area contributed by atoms with Crippen LogP contribution in [0.2, 0.25) is 0 Å². The average Bonchev–Trinajstić information content (AvgIpc) is 2.68. The van der Waals surface area contributed by atoms with Gasteiger partial charge in [0, 0.05) is 10.0 Å². The van der Waals surface area contributed by atoms with Crippen molar-refractivity contribution in [3.05, 3.63) is 45.4 Å². The minimum Gasteiger partial charge on any atom is -0.295 e. The van der Waals surface area contributed by atoms with Gasteiger partial charge in [-0.2, -0.15) is 0 Å². The molecule has 0 spiro atoms. The highest BCUT2D eigenvalue weighted by Crippen LogP contribution is 2.37. The second kappa shape index (κ2) is 3.42. The fraction of sp³-hybridized carbons (Fsp3) is 0.214. The lowest BCUT2D eigenvalue weighted by Crippen LogP contribution is -1.98. The highest BCUT2D eigenvalue weighted by Gasteiger charge is 2.20. The van der Waals surface area contributed by atoms with Gasteiger partial charge in [0.2, 0.25) is 0 Å². The summed E-state index contributed by atoms with van der Waals surface area (Å²) in [7, 11) is 0. The second-order valence-corrected chi connectivity index (χ2v) is 5.13. The largest absolute Gasteiger partial charge is 0.295 e. The number of ketones is 1. The van der Waals surface area contributed by atoms with Gasteiger partial charge in [-0.05, 0) is 47.7 Å². The molecule has 0 radical (unpaired) electrons. The van der Waals surface area contributed by atoms with Crippen molar-refractivity contribution in [3.63, 3.8) is 0 Å². The summed E-state index contributed by atoms with van der Waals surface area (Å²) in [4.78, 5) is 11.6. The molecule has 1 aliphatic rings. The van der Waals surface area contributed by atoms with E-state index in [9.17, 15) is 4.79 Å². The van der Waals surface area contributed by atoms with Crippen LogP contribution in [0.1, 0.15) is 28.4 Å². The summed E-state index contributed by atoms with van der Waals surface area (Å²) in [5.41, 5.74) is 3.49. The van der Waals surface area contributed by atoms with Crippen LogP contribution in [0.25, 0.3) is 10.8 Å². The fourth-order valence-corrected chi connectivity index (χ4v) is 3.18. The van der Waals surface area contributed by atoms with Gasteiger partial charge in [-0.15, -0.1) is 0 Å². The van der Waals surface area contributed by atoms with E-state index in [1.165, 1.54) is 21.9 Å². The predicted molar refractivity (Wildman–Crippen MR) is 69.1 cm³/mol. The van der Waals surface area contributed by atoms with E-state index >= 15 is 0 Å². The Morgan fingerprint density at radius 2 is 2.12 bits per heavy atom. The summed E-state index contributed by atoms with van der Waals surface area (Å²) in [6.45, 7) is 1.64. The zero-order valence-electron chi connectivity index (χ0n) is 9.01. The first-order chi connectivity index (χ1) is 7.68. The molecule has 16 heavy (non-hydrogen) atoms. The number of carbonyl (C=O) groups is 1. The Bertz CT molecular complexity index is 614. The van der Waals surface area contributed by atoms with Crippen molar-refractivity contribution in [3.8, 4) is 0 Å². The van der Waals surface area contributed by atoms with Crippen molar-refractivity contribution in [2.75, 3.05) is 0 Å². The highest BCUT2D eigenvalue weighted by molar-refractivity contribution is 9.10. The van der Waals surface area contributed by atoms with Gasteiger partial charge >= 0.3 is 0 Å². The molecule has 0 saturated heterocycles. The first kappa shape index (κ1) is 10.0. The fourth-order valence-electron chi connectivity index (χ4n) is 2.62. The van der Waals surface area contributed by atoms with Gasteiger partial charge in [-0.25, -0.2) is 0 Å². The predicted octanol–water partition coefficient (Wildman–Crippen LogP) is 3.90. The summed E-state index contributed by atoms with van der Waals surface area (Å²) in [6, 6.07) is 8.33. The maximum absolute atomic E-state index is 11.6. The summed E-state index contributed by atoms with van der Waals surface area (Å²) < 4.78 is 1.03. The van der Waals surface area contributed by atoms with E-state index < -0.39 is 0 Å². The third kappa shape index (κ3) is 1.26. The molecule has 2 aromatic rings. The first-order valence-electron chi connectivity index (χ1n) is 5.42. The monoisotopic (exact) mass is 274 g/mol. The molecule has 0 heterocycles. The standard InChI is InChI=1S/C14H11BrO/c1-8(16)12-7-13(15)11-4-2-3-9-5-6-10(12)14(9)11/h2-4,7H,5-6H2,1H3. The van der Waals surface area contributed by atoms with Crippen LogP contribution in [0.5, 0.6) is 0 Å². The zero-order valence-corrected chi connectivity index (χ0v) is 10.6. The normalized spacial score (nSPS) is 13.4. The molecule has 80 valence electrons. The minimum atomic E-state index is 0.161. The van der Waals surface area contributed by atoms with Crippen molar-refractivity contribution in [1.29, 1.82) is 0 Å². The van der Waals surface area contributed by atoms with E-state index in [0.29, 0.717) is 0 Å². The number of aryl methyl sites for hydroxylation is 2. The van der Waals surface area contributed by atoms with Crippen LogP contribution < -0.4 is 0 Å². The Kier molecular flexibility index (Phi) is 2.15. The van der Waals surface area contributed by atoms with E-state index in [4.69, 9.17) is 0 Å². The van der Waals surface area contributed by atoms with Crippen LogP contribution in [0, 0.1) is 0 Å². The molecule has 0 aromatic heterocycles. The van der Waals surface area contributed by atoms with Gasteiger partial charge in [0.15, 0.2) is 5.78 Å². The number of halogens is 1. The summed E-state index contributed by atoms with van der Waals surface area (Å²) in [5.74, 6) is 0.161. The minimum absolute atomic E-state index is 0.161. The highest BCUT2D eigenvalue weighted by atomic mass is 79.9. The lowest BCUT2D eigenvalue weighted by Gasteiger charge is -2.08. The molecule has 0 fully saturated rings. The molecule has 0 N–H and O–H groups in total. The van der Waals surface area contributed by atoms with E-state index in [0.717, 1.165) is 22.9 Å². The Morgan fingerprint density at radius 3 is 2.88 bits per heavy atom. The number of hydrogen-bond acceptors (Lipinski definition) is 1. The van der Waals surface area contributed by atoms with E-state index in [1.54, 1.807) is 6.92 Å². The molecule has 0 atom stereocenters. The molecule has 0 bridgehead atoms.